The minimum Gasteiger partial charge on any atom is -0.497 e. The van der Waals surface area contributed by atoms with E-state index in [1.165, 1.54) is 5.56 Å². The standard InChI is InChI=1S/C13H20O2S/c1-13(2,9-14)10-16-8-11-4-6-12(15-3)7-5-11/h4-7,14H,8-10H2,1-3H3. The summed E-state index contributed by atoms with van der Waals surface area (Å²) >= 11 is 1.85. The summed E-state index contributed by atoms with van der Waals surface area (Å²) in [5.41, 5.74) is 1.30. The van der Waals surface area contributed by atoms with Gasteiger partial charge in [-0.05, 0) is 23.1 Å². The fourth-order valence-electron chi connectivity index (χ4n) is 1.21. The SMILES string of the molecule is COc1ccc(CSCC(C)(C)CO)cc1. The lowest BCUT2D eigenvalue weighted by atomic mass is 9.98. The van der Waals surface area contributed by atoms with Crippen LogP contribution in [0.5, 0.6) is 5.75 Å². The summed E-state index contributed by atoms with van der Waals surface area (Å²) in [4.78, 5) is 0. The maximum Gasteiger partial charge on any atom is 0.118 e. The van der Waals surface area contributed by atoms with Crippen molar-refractivity contribution in [2.24, 2.45) is 5.41 Å². The van der Waals surface area contributed by atoms with Gasteiger partial charge in [0.2, 0.25) is 0 Å². The molecule has 0 unspecified atom stereocenters. The van der Waals surface area contributed by atoms with Gasteiger partial charge in [0.15, 0.2) is 0 Å². The highest BCUT2D eigenvalue weighted by Crippen LogP contribution is 2.24. The van der Waals surface area contributed by atoms with E-state index in [9.17, 15) is 0 Å². The second-order valence-corrected chi connectivity index (χ2v) is 5.65. The highest BCUT2D eigenvalue weighted by Gasteiger charge is 2.15. The first-order valence-electron chi connectivity index (χ1n) is 5.39. The summed E-state index contributed by atoms with van der Waals surface area (Å²) < 4.78 is 5.11. The van der Waals surface area contributed by atoms with Crippen LogP contribution in [0.15, 0.2) is 24.3 Å². The smallest absolute Gasteiger partial charge is 0.118 e. The molecule has 3 heteroatoms. The number of hydrogen-bond donors (Lipinski definition) is 1. The van der Waals surface area contributed by atoms with E-state index < -0.39 is 0 Å². The van der Waals surface area contributed by atoms with Gasteiger partial charge < -0.3 is 9.84 Å². The molecule has 2 nitrogen and oxygen atoms in total. The van der Waals surface area contributed by atoms with Gasteiger partial charge in [0.05, 0.1) is 7.11 Å². The van der Waals surface area contributed by atoms with Crippen molar-refractivity contribution in [2.75, 3.05) is 19.5 Å². The van der Waals surface area contributed by atoms with Gasteiger partial charge in [0.1, 0.15) is 5.75 Å². The molecule has 0 saturated heterocycles. The molecular formula is C13H20O2S. The predicted molar refractivity (Wildman–Crippen MR) is 70.0 cm³/mol. The van der Waals surface area contributed by atoms with Gasteiger partial charge >= 0.3 is 0 Å². The average molecular weight is 240 g/mol. The van der Waals surface area contributed by atoms with Crippen molar-refractivity contribution >= 4 is 11.8 Å². The monoisotopic (exact) mass is 240 g/mol. The van der Waals surface area contributed by atoms with E-state index in [4.69, 9.17) is 9.84 Å². The highest BCUT2D eigenvalue weighted by atomic mass is 32.2. The number of ether oxygens (including phenoxy) is 1. The Balaban J connectivity index is 2.37. The van der Waals surface area contributed by atoms with E-state index >= 15 is 0 Å². The number of hydrogen-bond acceptors (Lipinski definition) is 3. The van der Waals surface area contributed by atoms with Crippen LogP contribution in [0.4, 0.5) is 0 Å². The average Bonchev–Trinajstić information content (AvgIpc) is 2.30. The molecule has 1 rings (SSSR count). The summed E-state index contributed by atoms with van der Waals surface area (Å²) in [5.74, 6) is 2.84. The summed E-state index contributed by atoms with van der Waals surface area (Å²) in [7, 11) is 1.67. The van der Waals surface area contributed by atoms with Crippen LogP contribution in [0.25, 0.3) is 0 Å². The number of aliphatic hydroxyl groups is 1. The third kappa shape index (κ3) is 4.45. The Morgan fingerprint density at radius 2 is 1.88 bits per heavy atom. The Morgan fingerprint density at radius 3 is 2.38 bits per heavy atom. The van der Waals surface area contributed by atoms with Crippen LogP contribution in [0.3, 0.4) is 0 Å². The normalized spacial score (nSPS) is 11.5. The first-order chi connectivity index (χ1) is 7.57. The minimum absolute atomic E-state index is 0.0110. The molecule has 0 bridgehead atoms. The van der Waals surface area contributed by atoms with Crippen molar-refractivity contribution in [1.82, 2.24) is 0 Å². The maximum absolute atomic E-state index is 9.13. The molecule has 16 heavy (non-hydrogen) atoms. The zero-order valence-electron chi connectivity index (χ0n) is 10.2. The van der Waals surface area contributed by atoms with Crippen molar-refractivity contribution < 1.29 is 9.84 Å². The van der Waals surface area contributed by atoms with Crippen molar-refractivity contribution in [1.29, 1.82) is 0 Å². The largest absolute Gasteiger partial charge is 0.497 e. The zero-order chi connectivity index (χ0) is 12.0. The van der Waals surface area contributed by atoms with Crippen molar-refractivity contribution in [2.45, 2.75) is 19.6 Å². The van der Waals surface area contributed by atoms with Crippen molar-refractivity contribution in [3.8, 4) is 5.75 Å². The van der Waals surface area contributed by atoms with Crippen molar-refractivity contribution in [3.63, 3.8) is 0 Å². The van der Waals surface area contributed by atoms with Crippen LogP contribution in [-0.4, -0.2) is 24.6 Å². The third-order valence-corrected chi connectivity index (χ3v) is 3.87. The van der Waals surface area contributed by atoms with Crippen LogP contribution in [-0.2, 0) is 5.75 Å². The van der Waals surface area contributed by atoms with Crippen LogP contribution in [0.2, 0.25) is 0 Å². The van der Waals surface area contributed by atoms with Crippen LogP contribution < -0.4 is 4.74 Å². The lowest BCUT2D eigenvalue weighted by molar-refractivity contribution is 0.180. The maximum atomic E-state index is 9.13. The quantitative estimate of drug-likeness (QED) is 0.829. The molecule has 0 fully saturated rings. The molecule has 0 aliphatic heterocycles. The summed E-state index contributed by atoms with van der Waals surface area (Å²) in [5, 5.41) is 9.13. The first kappa shape index (κ1) is 13.4. The fraction of sp³-hybridized carbons (Fsp3) is 0.538. The van der Waals surface area contributed by atoms with Crippen LogP contribution >= 0.6 is 11.8 Å². The topological polar surface area (TPSA) is 29.5 Å². The Hall–Kier alpha value is -0.670. The second-order valence-electron chi connectivity index (χ2n) is 4.66. The molecule has 0 aromatic heterocycles. The summed E-state index contributed by atoms with van der Waals surface area (Å²) in [6, 6.07) is 8.12. The number of rotatable bonds is 6. The Bertz CT molecular complexity index is 306. The highest BCUT2D eigenvalue weighted by molar-refractivity contribution is 7.98. The first-order valence-corrected chi connectivity index (χ1v) is 6.54. The predicted octanol–water partition coefficient (Wildman–Crippen LogP) is 2.95. The van der Waals surface area contributed by atoms with Gasteiger partial charge in [0, 0.05) is 18.1 Å². The van der Waals surface area contributed by atoms with Gasteiger partial charge in [0.25, 0.3) is 0 Å². The minimum atomic E-state index is 0.0110. The molecular weight excluding hydrogens is 220 g/mol. The number of thioether (sulfide) groups is 1. The Kier molecular flexibility index (Phi) is 5.16. The molecule has 0 aliphatic carbocycles. The molecule has 1 N–H and O–H groups in total. The molecule has 0 saturated carbocycles. The van der Waals surface area contributed by atoms with Gasteiger partial charge in [-0.2, -0.15) is 11.8 Å². The van der Waals surface area contributed by atoms with Gasteiger partial charge in [-0.3, -0.25) is 0 Å². The molecule has 0 spiro atoms. The third-order valence-electron chi connectivity index (χ3n) is 2.35. The van der Waals surface area contributed by atoms with E-state index in [0.717, 1.165) is 17.3 Å². The van der Waals surface area contributed by atoms with E-state index in [1.54, 1.807) is 7.11 Å². The molecule has 0 amide bonds. The molecule has 0 aliphatic rings. The van der Waals surface area contributed by atoms with Gasteiger partial charge in [-0.25, -0.2) is 0 Å². The number of benzene rings is 1. The van der Waals surface area contributed by atoms with Crippen LogP contribution in [0, 0.1) is 5.41 Å². The summed E-state index contributed by atoms with van der Waals surface area (Å²) in [6.45, 7) is 4.39. The lowest BCUT2D eigenvalue weighted by Crippen LogP contribution is -2.19. The fourth-order valence-corrected chi connectivity index (χ4v) is 2.39. The van der Waals surface area contributed by atoms with Gasteiger partial charge in [-0.1, -0.05) is 26.0 Å². The number of methoxy groups -OCH3 is 1. The van der Waals surface area contributed by atoms with E-state index in [1.807, 2.05) is 23.9 Å². The molecule has 0 radical (unpaired) electrons. The molecule has 0 heterocycles. The summed E-state index contributed by atoms with van der Waals surface area (Å²) in [6.07, 6.45) is 0. The second kappa shape index (κ2) is 6.16. The van der Waals surface area contributed by atoms with E-state index in [2.05, 4.69) is 26.0 Å². The van der Waals surface area contributed by atoms with Crippen molar-refractivity contribution in [3.05, 3.63) is 29.8 Å². The van der Waals surface area contributed by atoms with E-state index in [-0.39, 0.29) is 12.0 Å². The molecule has 1 aromatic carbocycles. The van der Waals surface area contributed by atoms with Crippen LogP contribution in [0.1, 0.15) is 19.4 Å². The molecule has 0 atom stereocenters. The Labute approximate surface area is 102 Å². The van der Waals surface area contributed by atoms with E-state index in [0.29, 0.717) is 0 Å². The molecule has 1 aromatic rings. The zero-order valence-corrected chi connectivity index (χ0v) is 11.0. The Morgan fingerprint density at radius 1 is 1.25 bits per heavy atom. The molecule has 90 valence electrons. The number of aliphatic hydroxyl groups excluding tert-OH is 1. The van der Waals surface area contributed by atoms with Gasteiger partial charge in [-0.15, -0.1) is 0 Å². The lowest BCUT2D eigenvalue weighted by Gasteiger charge is -2.20.